The minimum absolute atomic E-state index is 0.0435. The predicted molar refractivity (Wildman–Crippen MR) is 50.0 cm³/mol. The number of hydrogen-bond acceptors (Lipinski definition) is 5. The highest BCUT2D eigenvalue weighted by atomic mass is 16.4. The highest BCUT2D eigenvalue weighted by molar-refractivity contribution is 5.93. The molecule has 15 heavy (non-hydrogen) atoms. The summed E-state index contributed by atoms with van der Waals surface area (Å²) in [7, 11) is 0. The molecular weight excluding hydrogens is 196 g/mol. The molecule has 0 atom stereocenters. The van der Waals surface area contributed by atoms with Crippen molar-refractivity contribution in [2.75, 3.05) is 0 Å². The maximum absolute atomic E-state index is 10.9. The van der Waals surface area contributed by atoms with Crippen molar-refractivity contribution in [3.63, 3.8) is 0 Å². The number of rotatable bonds is 2. The zero-order chi connectivity index (χ0) is 10.7. The van der Waals surface area contributed by atoms with Crippen molar-refractivity contribution in [1.29, 1.82) is 0 Å². The minimum atomic E-state index is -1.09. The first-order valence-electron chi connectivity index (χ1n) is 4.12. The Balaban J connectivity index is 2.58. The fourth-order valence-corrected chi connectivity index (χ4v) is 1.17. The fourth-order valence-electron chi connectivity index (χ4n) is 1.17. The molecule has 0 spiro atoms. The van der Waals surface area contributed by atoms with Gasteiger partial charge in [-0.3, -0.25) is 0 Å². The Morgan fingerprint density at radius 2 is 2.13 bits per heavy atom. The molecule has 0 aliphatic rings. The van der Waals surface area contributed by atoms with E-state index in [1.807, 2.05) is 0 Å². The average Bonchev–Trinajstić information content (AvgIpc) is 2.30. The van der Waals surface area contributed by atoms with Crippen molar-refractivity contribution in [2.24, 2.45) is 0 Å². The van der Waals surface area contributed by atoms with Gasteiger partial charge in [0.25, 0.3) is 0 Å². The summed E-state index contributed by atoms with van der Waals surface area (Å²) in [5.74, 6) is -1.09. The number of aromatic nitrogens is 4. The van der Waals surface area contributed by atoms with Crippen LogP contribution in [0.3, 0.4) is 0 Å². The molecule has 2 aromatic heterocycles. The highest BCUT2D eigenvalue weighted by Crippen LogP contribution is 2.18. The zero-order valence-electron chi connectivity index (χ0n) is 7.53. The smallest absolute Gasteiger partial charge is 0.355 e. The van der Waals surface area contributed by atoms with Gasteiger partial charge in [0.15, 0.2) is 5.69 Å². The number of aromatic carboxylic acids is 1. The summed E-state index contributed by atoms with van der Waals surface area (Å²) in [5.41, 5.74) is 0.827. The summed E-state index contributed by atoms with van der Waals surface area (Å²) >= 11 is 0. The quantitative estimate of drug-likeness (QED) is 0.768. The van der Waals surface area contributed by atoms with E-state index in [9.17, 15) is 4.79 Å². The lowest BCUT2D eigenvalue weighted by Gasteiger charge is -2.01. The number of hydrogen-bond donors (Lipinski definition) is 1. The largest absolute Gasteiger partial charge is 0.476 e. The van der Waals surface area contributed by atoms with E-state index in [1.165, 1.54) is 12.4 Å². The Kier molecular flexibility index (Phi) is 2.32. The standard InChI is InChI=1S/C9H6N4O2/c14-9(15)8-6(2-1-4-10-8)7-3-5-11-13-12-7/h1-5H,(H,14,15). The molecule has 74 valence electrons. The van der Waals surface area contributed by atoms with Gasteiger partial charge in [-0.1, -0.05) is 0 Å². The molecule has 0 aliphatic carbocycles. The van der Waals surface area contributed by atoms with Crippen LogP contribution in [0.4, 0.5) is 0 Å². The summed E-state index contributed by atoms with van der Waals surface area (Å²) in [5, 5.41) is 19.6. The lowest BCUT2D eigenvalue weighted by molar-refractivity contribution is 0.0691. The SMILES string of the molecule is O=C(O)c1ncccc1-c1ccnnn1. The third-order valence-electron chi connectivity index (χ3n) is 1.79. The molecule has 0 bridgehead atoms. The van der Waals surface area contributed by atoms with Gasteiger partial charge in [0.05, 0.1) is 11.9 Å². The number of carboxylic acid groups (broad SMARTS) is 1. The second kappa shape index (κ2) is 3.79. The first-order chi connectivity index (χ1) is 7.29. The lowest BCUT2D eigenvalue weighted by atomic mass is 10.1. The molecule has 0 radical (unpaired) electrons. The molecule has 0 fully saturated rings. The van der Waals surface area contributed by atoms with E-state index < -0.39 is 5.97 Å². The number of carboxylic acids is 1. The van der Waals surface area contributed by atoms with Crippen molar-refractivity contribution in [1.82, 2.24) is 20.4 Å². The van der Waals surface area contributed by atoms with Crippen LogP contribution in [0.15, 0.2) is 30.6 Å². The monoisotopic (exact) mass is 202 g/mol. The fraction of sp³-hybridized carbons (Fsp3) is 0. The van der Waals surface area contributed by atoms with Crippen LogP contribution in [0.25, 0.3) is 11.3 Å². The van der Waals surface area contributed by atoms with Crippen LogP contribution in [0.2, 0.25) is 0 Å². The third kappa shape index (κ3) is 1.78. The first kappa shape index (κ1) is 9.20. The van der Waals surface area contributed by atoms with Gasteiger partial charge >= 0.3 is 5.97 Å². The molecule has 6 heteroatoms. The Morgan fingerprint density at radius 3 is 2.80 bits per heavy atom. The van der Waals surface area contributed by atoms with Gasteiger partial charge in [0.2, 0.25) is 0 Å². The van der Waals surface area contributed by atoms with Crippen LogP contribution in [-0.4, -0.2) is 31.5 Å². The minimum Gasteiger partial charge on any atom is -0.476 e. The highest BCUT2D eigenvalue weighted by Gasteiger charge is 2.13. The Bertz CT molecular complexity index is 486. The predicted octanol–water partition coefficient (Wildman–Crippen LogP) is 0.632. The van der Waals surface area contributed by atoms with E-state index in [1.54, 1.807) is 18.2 Å². The van der Waals surface area contributed by atoms with Gasteiger partial charge in [0.1, 0.15) is 0 Å². The summed E-state index contributed by atoms with van der Waals surface area (Å²) in [4.78, 5) is 14.6. The maximum atomic E-state index is 10.9. The van der Waals surface area contributed by atoms with Gasteiger partial charge in [-0.05, 0) is 23.4 Å². The van der Waals surface area contributed by atoms with E-state index in [2.05, 4.69) is 20.4 Å². The maximum Gasteiger partial charge on any atom is 0.355 e. The molecule has 0 amide bonds. The van der Waals surface area contributed by atoms with Crippen molar-refractivity contribution in [3.05, 3.63) is 36.3 Å². The summed E-state index contributed by atoms with van der Waals surface area (Å²) in [6.45, 7) is 0. The van der Waals surface area contributed by atoms with Gasteiger partial charge in [-0.2, -0.15) is 0 Å². The molecule has 2 aromatic rings. The molecule has 0 aliphatic heterocycles. The zero-order valence-corrected chi connectivity index (χ0v) is 7.53. The van der Waals surface area contributed by atoms with Crippen LogP contribution in [-0.2, 0) is 0 Å². The Morgan fingerprint density at radius 1 is 1.27 bits per heavy atom. The molecule has 0 saturated carbocycles. The van der Waals surface area contributed by atoms with Crippen LogP contribution in [0.5, 0.6) is 0 Å². The molecule has 1 N–H and O–H groups in total. The molecule has 6 nitrogen and oxygen atoms in total. The van der Waals surface area contributed by atoms with Gasteiger partial charge in [-0.15, -0.1) is 10.2 Å². The topological polar surface area (TPSA) is 88.9 Å². The van der Waals surface area contributed by atoms with Crippen molar-refractivity contribution >= 4 is 5.97 Å². The van der Waals surface area contributed by atoms with E-state index in [-0.39, 0.29) is 5.69 Å². The van der Waals surface area contributed by atoms with Crippen LogP contribution in [0, 0.1) is 0 Å². The summed E-state index contributed by atoms with van der Waals surface area (Å²) < 4.78 is 0. The molecule has 0 unspecified atom stereocenters. The molecule has 2 rings (SSSR count). The van der Waals surface area contributed by atoms with E-state index in [0.29, 0.717) is 11.3 Å². The third-order valence-corrected chi connectivity index (χ3v) is 1.79. The number of nitrogens with zero attached hydrogens (tertiary/aromatic N) is 4. The van der Waals surface area contributed by atoms with Crippen molar-refractivity contribution in [2.45, 2.75) is 0 Å². The van der Waals surface area contributed by atoms with E-state index in [0.717, 1.165) is 0 Å². The van der Waals surface area contributed by atoms with E-state index in [4.69, 9.17) is 5.11 Å². The second-order valence-electron chi connectivity index (χ2n) is 2.71. The van der Waals surface area contributed by atoms with Gasteiger partial charge < -0.3 is 5.11 Å². The first-order valence-corrected chi connectivity index (χ1v) is 4.12. The van der Waals surface area contributed by atoms with Crippen LogP contribution < -0.4 is 0 Å². The molecule has 0 aromatic carbocycles. The van der Waals surface area contributed by atoms with Crippen LogP contribution in [0.1, 0.15) is 10.5 Å². The Hall–Kier alpha value is -2.37. The molecular formula is C9H6N4O2. The molecule has 0 saturated heterocycles. The Labute approximate surface area is 84.6 Å². The summed E-state index contributed by atoms with van der Waals surface area (Å²) in [6, 6.07) is 4.85. The number of pyridine rings is 1. The van der Waals surface area contributed by atoms with Gasteiger partial charge in [0, 0.05) is 11.8 Å². The van der Waals surface area contributed by atoms with E-state index >= 15 is 0 Å². The van der Waals surface area contributed by atoms with Crippen LogP contribution >= 0.6 is 0 Å². The number of carbonyl (C=O) groups is 1. The molecule has 2 heterocycles. The van der Waals surface area contributed by atoms with Gasteiger partial charge in [-0.25, -0.2) is 9.78 Å². The lowest BCUT2D eigenvalue weighted by Crippen LogP contribution is -2.03. The summed E-state index contributed by atoms with van der Waals surface area (Å²) in [6.07, 6.45) is 2.86. The van der Waals surface area contributed by atoms with Crippen molar-refractivity contribution < 1.29 is 9.90 Å². The second-order valence-corrected chi connectivity index (χ2v) is 2.71. The normalized spacial score (nSPS) is 9.87. The van der Waals surface area contributed by atoms with Crippen molar-refractivity contribution in [3.8, 4) is 11.3 Å². The average molecular weight is 202 g/mol.